The fourth-order valence-electron chi connectivity index (χ4n) is 2.30. The zero-order chi connectivity index (χ0) is 16.7. The molecule has 23 heavy (non-hydrogen) atoms. The van der Waals surface area contributed by atoms with Gasteiger partial charge in [-0.2, -0.15) is 0 Å². The molecule has 0 radical (unpaired) electrons. The highest BCUT2D eigenvalue weighted by atomic mass is 16.2. The standard InChI is InChI=1S/C19H22N2O2/c1-14(20-13-12-16-6-4-3-5-7-16)19(23)21-18-10-8-17(9-11-18)15(2)22/h3-11,14,20H,12-13H2,1-2H3,(H,21,23)/p+1/t14-/m1/s1. The molecule has 0 saturated heterocycles. The second kappa shape index (κ2) is 8.25. The first-order valence-electron chi connectivity index (χ1n) is 7.85. The zero-order valence-corrected chi connectivity index (χ0v) is 13.6. The Balaban J connectivity index is 1.79. The monoisotopic (exact) mass is 311 g/mol. The van der Waals surface area contributed by atoms with Crippen LogP contribution in [0.3, 0.4) is 0 Å². The summed E-state index contributed by atoms with van der Waals surface area (Å²) in [5.74, 6) is -0.0147. The molecule has 0 aliphatic heterocycles. The van der Waals surface area contributed by atoms with Crippen molar-refractivity contribution in [3.63, 3.8) is 0 Å². The van der Waals surface area contributed by atoms with Gasteiger partial charge in [-0.1, -0.05) is 30.3 Å². The van der Waals surface area contributed by atoms with E-state index in [4.69, 9.17) is 0 Å². The molecule has 0 spiro atoms. The summed E-state index contributed by atoms with van der Waals surface area (Å²) in [6.45, 7) is 4.28. The molecule has 4 nitrogen and oxygen atoms in total. The lowest BCUT2D eigenvalue weighted by atomic mass is 10.1. The molecule has 120 valence electrons. The summed E-state index contributed by atoms with van der Waals surface area (Å²) < 4.78 is 0. The zero-order valence-electron chi connectivity index (χ0n) is 13.6. The van der Waals surface area contributed by atoms with Crippen molar-refractivity contribution in [2.75, 3.05) is 11.9 Å². The Morgan fingerprint density at radius 2 is 1.70 bits per heavy atom. The highest BCUT2D eigenvalue weighted by Crippen LogP contribution is 2.10. The van der Waals surface area contributed by atoms with E-state index in [-0.39, 0.29) is 17.7 Å². The quantitative estimate of drug-likeness (QED) is 0.769. The van der Waals surface area contributed by atoms with Crippen LogP contribution in [-0.2, 0) is 11.2 Å². The van der Waals surface area contributed by atoms with Crippen molar-refractivity contribution in [2.24, 2.45) is 0 Å². The summed E-state index contributed by atoms with van der Waals surface area (Å²) in [5, 5.41) is 4.91. The van der Waals surface area contributed by atoms with Gasteiger partial charge in [-0.05, 0) is 43.7 Å². The van der Waals surface area contributed by atoms with Gasteiger partial charge in [0.25, 0.3) is 5.91 Å². The number of quaternary nitrogens is 1. The molecule has 1 atom stereocenters. The van der Waals surface area contributed by atoms with E-state index in [0.717, 1.165) is 13.0 Å². The molecule has 2 rings (SSSR count). The number of benzene rings is 2. The summed E-state index contributed by atoms with van der Waals surface area (Å²) in [5.41, 5.74) is 2.63. The van der Waals surface area contributed by atoms with Gasteiger partial charge in [-0.3, -0.25) is 9.59 Å². The topological polar surface area (TPSA) is 62.8 Å². The maximum absolute atomic E-state index is 12.2. The van der Waals surface area contributed by atoms with Crippen LogP contribution in [-0.4, -0.2) is 24.3 Å². The molecule has 4 heteroatoms. The van der Waals surface area contributed by atoms with Crippen LogP contribution in [0.25, 0.3) is 0 Å². The maximum Gasteiger partial charge on any atom is 0.282 e. The molecule has 2 aromatic carbocycles. The minimum Gasteiger partial charge on any atom is -0.336 e. The molecule has 0 aliphatic rings. The fraction of sp³-hybridized carbons (Fsp3) is 0.263. The van der Waals surface area contributed by atoms with Crippen molar-refractivity contribution in [3.8, 4) is 0 Å². The van der Waals surface area contributed by atoms with Gasteiger partial charge in [0.15, 0.2) is 11.8 Å². The van der Waals surface area contributed by atoms with Crippen molar-refractivity contribution < 1.29 is 14.9 Å². The number of carbonyl (C=O) groups is 2. The van der Waals surface area contributed by atoms with Crippen LogP contribution < -0.4 is 10.6 Å². The van der Waals surface area contributed by atoms with Gasteiger partial charge in [0.05, 0.1) is 6.54 Å². The van der Waals surface area contributed by atoms with Crippen molar-refractivity contribution in [1.29, 1.82) is 0 Å². The molecule has 0 saturated carbocycles. The van der Waals surface area contributed by atoms with Gasteiger partial charge < -0.3 is 10.6 Å². The number of hydrogen-bond donors (Lipinski definition) is 2. The number of anilines is 1. The van der Waals surface area contributed by atoms with E-state index < -0.39 is 0 Å². The summed E-state index contributed by atoms with van der Waals surface area (Å²) in [4.78, 5) is 23.4. The van der Waals surface area contributed by atoms with Gasteiger partial charge in [-0.25, -0.2) is 0 Å². The Bertz CT molecular complexity index is 651. The molecule has 0 aromatic heterocycles. The van der Waals surface area contributed by atoms with E-state index in [9.17, 15) is 9.59 Å². The van der Waals surface area contributed by atoms with E-state index >= 15 is 0 Å². The van der Waals surface area contributed by atoms with Gasteiger partial charge in [0.1, 0.15) is 0 Å². The van der Waals surface area contributed by atoms with Crippen LogP contribution in [0.1, 0.15) is 29.8 Å². The predicted octanol–water partition coefficient (Wildman–Crippen LogP) is 2.02. The van der Waals surface area contributed by atoms with E-state index in [1.807, 2.05) is 30.4 Å². The molecule has 1 amide bonds. The largest absolute Gasteiger partial charge is 0.336 e. The Labute approximate surface area is 136 Å². The number of carbonyl (C=O) groups excluding carboxylic acids is 2. The van der Waals surface area contributed by atoms with E-state index in [0.29, 0.717) is 11.3 Å². The van der Waals surface area contributed by atoms with Gasteiger partial charge in [0.2, 0.25) is 0 Å². The SMILES string of the molecule is CC(=O)c1ccc(NC(=O)[C@@H](C)[NH2+]CCc2ccccc2)cc1. The summed E-state index contributed by atoms with van der Waals surface area (Å²) in [6.07, 6.45) is 0.936. The Kier molecular flexibility index (Phi) is 6.06. The van der Waals surface area contributed by atoms with Crippen LogP contribution >= 0.6 is 0 Å². The minimum atomic E-state index is -0.161. The lowest BCUT2D eigenvalue weighted by molar-refractivity contribution is -0.672. The molecular formula is C19H23N2O2+. The van der Waals surface area contributed by atoms with Crippen molar-refractivity contribution >= 4 is 17.4 Å². The van der Waals surface area contributed by atoms with Crippen molar-refractivity contribution in [2.45, 2.75) is 26.3 Å². The maximum atomic E-state index is 12.2. The van der Waals surface area contributed by atoms with Gasteiger partial charge in [0, 0.05) is 17.7 Å². The number of nitrogens with one attached hydrogen (secondary N) is 1. The van der Waals surface area contributed by atoms with Gasteiger partial charge >= 0.3 is 0 Å². The van der Waals surface area contributed by atoms with Crippen LogP contribution in [0.5, 0.6) is 0 Å². The Morgan fingerprint density at radius 3 is 2.30 bits per heavy atom. The van der Waals surface area contributed by atoms with Crippen molar-refractivity contribution in [1.82, 2.24) is 0 Å². The van der Waals surface area contributed by atoms with E-state index in [1.165, 1.54) is 12.5 Å². The fourth-order valence-corrected chi connectivity index (χ4v) is 2.30. The smallest absolute Gasteiger partial charge is 0.282 e. The molecular weight excluding hydrogens is 288 g/mol. The van der Waals surface area contributed by atoms with Crippen LogP contribution in [0.2, 0.25) is 0 Å². The predicted molar refractivity (Wildman–Crippen MR) is 91.5 cm³/mol. The molecule has 0 bridgehead atoms. The Hall–Kier alpha value is -2.46. The average molecular weight is 311 g/mol. The number of rotatable bonds is 7. The highest BCUT2D eigenvalue weighted by molar-refractivity contribution is 5.96. The van der Waals surface area contributed by atoms with Crippen LogP contribution in [0.4, 0.5) is 5.69 Å². The van der Waals surface area contributed by atoms with Crippen LogP contribution in [0, 0.1) is 0 Å². The first kappa shape index (κ1) is 16.9. The first-order chi connectivity index (χ1) is 11.1. The highest BCUT2D eigenvalue weighted by Gasteiger charge is 2.15. The Morgan fingerprint density at radius 1 is 1.04 bits per heavy atom. The lowest BCUT2D eigenvalue weighted by Gasteiger charge is -2.11. The first-order valence-corrected chi connectivity index (χ1v) is 7.85. The van der Waals surface area contributed by atoms with Crippen LogP contribution in [0.15, 0.2) is 54.6 Å². The summed E-state index contributed by atoms with van der Waals surface area (Å²) in [7, 11) is 0. The molecule has 0 heterocycles. The summed E-state index contributed by atoms with van der Waals surface area (Å²) in [6, 6.07) is 17.0. The lowest BCUT2D eigenvalue weighted by Crippen LogP contribution is -2.92. The number of ketones is 1. The summed E-state index contributed by atoms with van der Waals surface area (Å²) >= 11 is 0. The van der Waals surface area contributed by atoms with E-state index in [2.05, 4.69) is 17.4 Å². The second-order valence-corrected chi connectivity index (χ2v) is 5.67. The third-order valence-corrected chi connectivity index (χ3v) is 3.77. The third-order valence-electron chi connectivity index (χ3n) is 3.77. The number of amides is 1. The molecule has 3 N–H and O–H groups in total. The molecule has 0 unspecified atom stereocenters. The minimum absolute atomic E-state index is 0.0190. The third kappa shape index (κ3) is 5.34. The number of nitrogens with two attached hydrogens (primary N) is 1. The van der Waals surface area contributed by atoms with E-state index in [1.54, 1.807) is 24.3 Å². The second-order valence-electron chi connectivity index (χ2n) is 5.67. The van der Waals surface area contributed by atoms with Gasteiger partial charge in [-0.15, -0.1) is 0 Å². The molecule has 2 aromatic rings. The molecule has 0 aliphatic carbocycles. The average Bonchev–Trinajstić information content (AvgIpc) is 2.56. The number of Topliss-reactive ketones (excluding diaryl/α,β-unsaturated/α-hetero) is 1. The molecule has 0 fully saturated rings. The van der Waals surface area contributed by atoms with Crippen molar-refractivity contribution in [3.05, 3.63) is 65.7 Å². The normalized spacial score (nSPS) is 11.7. The number of hydrogen-bond acceptors (Lipinski definition) is 2.